The third-order valence-electron chi connectivity index (χ3n) is 12.7. The van der Waals surface area contributed by atoms with E-state index in [4.69, 9.17) is 4.74 Å². The van der Waals surface area contributed by atoms with Gasteiger partial charge < -0.3 is 9.64 Å². The van der Waals surface area contributed by atoms with Crippen molar-refractivity contribution in [1.29, 1.82) is 0 Å². The minimum atomic E-state index is -0.627. The summed E-state index contributed by atoms with van der Waals surface area (Å²) in [5.74, 6) is 1.71. The summed E-state index contributed by atoms with van der Waals surface area (Å²) in [6.45, 7) is 0. The van der Waals surface area contributed by atoms with E-state index in [2.05, 4.69) is 241 Å². The lowest BCUT2D eigenvalue weighted by Gasteiger charge is -2.41. The second-order valence-electron chi connectivity index (χ2n) is 16.0. The smallest absolute Gasteiger partial charge is 0.156 e. The number of nitrogens with zero attached hydrogens (tertiary/aromatic N) is 1. The van der Waals surface area contributed by atoms with Gasteiger partial charge in [-0.25, -0.2) is 0 Å². The van der Waals surface area contributed by atoms with Crippen LogP contribution in [0.4, 0.5) is 17.1 Å². The molecule has 286 valence electrons. The Balaban J connectivity index is 1.16. The zero-order valence-electron chi connectivity index (χ0n) is 33.4. The minimum Gasteiger partial charge on any atom is -0.454 e. The topological polar surface area (TPSA) is 12.5 Å². The first-order valence-electron chi connectivity index (χ1n) is 21.0. The molecule has 1 aliphatic heterocycles. The normalized spacial score (nSPS) is 12.9. The summed E-state index contributed by atoms with van der Waals surface area (Å²) in [4.78, 5) is 2.41. The number of hydrogen-bond acceptors (Lipinski definition) is 2. The number of hydrogen-bond donors (Lipinski definition) is 0. The van der Waals surface area contributed by atoms with E-state index >= 15 is 0 Å². The quantitative estimate of drug-likeness (QED) is 0.167. The standard InChI is InChI=1S/C59H39NO/c1-4-17-40(18-5-1)42-31-34-47(35-32-42)60(55-36-33-46(41-19-6-2-7-20-41)37-50(55)43-21-8-3-9-22-43)56-30-16-29-53-58(56)61-57-39-45-24-11-10-23-44(45)38-54(57)59(53)51-27-14-12-25-48(51)49-26-13-15-28-52(49)59/h1-39H. The molecule has 0 bridgehead atoms. The number of fused-ring (bicyclic) bond motifs is 10. The van der Waals surface area contributed by atoms with E-state index in [1.165, 1.54) is 38.8 Å². The van der Waals surface area contributed by atoms with Crippen LogP contribution < -0.4 is 9.64 Å². The summed E-state index contributed by atoms with van der Waals surface area (Å²) in [6.07, 6.45) is 0. The zero-order chi connectivity index (χ0) is 40.3. The van der Waals surface area contributed by atoms with E-state index in [9.17, 15) is 0 Å². The molecule has 12 rings (SSSR count). The molecule has 0 fully saturated rings. The zero-order valence-corrected chi connectivity index (χ0v) is 33.4. The van der Waals surface area contributed by atoms with E-state index in [-0.39, 0.29) is 0 Å². The average molecular weight is 778 g/mol. The predicted molar refractivity (Wildman–Crippen MR) is 252 cm³/mol. The van der Waals surface area contributed by atoms with Crippen molar-refractivity contribution in [1.82, 2.24) is 0 Å². The van der Waals surface area contributed by atoms with E-state index in [0.717, 1.165) is 67.3 Å². The Bertz CT molecular complexity index is 3220. The first kappa shape index (κ1) is 35.0. The van der Waals surface area contributed by atoms with Crippen LogP contribution in [0.25, 0.3) is 55.3 Å². The van der Waals surface area contributed by atoms with Gasteiger partial charge in [-0.05, 0) is 103 Å². The summed E-state index contributed by atoms with van der Waals surface area (Å²) in [5, 5.41) is 2.34. The average Bonchev–Trinajstić information content (AvgIpc) is 3.63. The summed E-state index contributed by atoms with van der Waals surface area (Å²) in [5.41, 5.74) is 16.7. The van der Waals surface area contributed by atoms with Crippen LogP contribution in [-0.4, -0.2) is 0 Å². The molecule has 1 aliphatic carbocycles. The van der Waals surface area contributed by atoms with Crippen molar-refractivity contribution in [2.24, 2.45) is 0 Å². The van der Waals surface area contributed by atoms with Crippen molar-refractivity contribution >= 4 is 27.8 Å². The van der Waals surface area contributed by atoms with Crippen LogP contribution in [0, 0.1) is 0 Å². The van der Waals surface area contributed by atoms with E-state index < -0.39 is 5.41 Å². The molecule has 2 nitrogen and oxygen atoms in total. The third kappa shape index (κ3) is 5.50. The molecule has 0 atom stereocenters. The van der Waals surface area contributed by atoms with Gasteiger partial charge in [0.05, 0.1) is 16.8 Å². The van der Waals surface area contributed by atoms with Gasteiger partial charge in [0.25, 0.3) is 0 Å². The molecule has 0 unspecified atom stereocenters. The highest BCUT2D eigenvalue weighted by molar-refractivity contribution is 5.97. The summed E-state index contributed by atoms with van der Waals surface area (Å²) in [7, 11) is 0. The Morgan fingerprint density at radius 3 is 1.48 bits per heavy atom. The van der Waals surface area contributed by atoms with E-state index in [1.54, 1.807) is 0 Å². The molecule has 10 aromatic rings. The highest BCUT2D eigenvalue weighted by atomic mass is 16.5. The van der Waals surface area contributed by atoms with Crippen molar-refractivity contribution in [3.05, 3.63) is 259 Å². The van der Waals surface area contributed by atoms with Crippen molar-refractivity contribution in [2.75, 3.05) is 4.90 Å². The van der Waals surface area contributed by atoms with Gasteiger partial charge in [0.1, 0.15) is 5.75 Å². The molecule has 0 saturated carbocycles. The molecule has 1 heterocycles. The van der Waals surface area contributed by atoms with Gasteiger partial charge in [0, 0.05) is 22.4 Å². The molecule has 0 radical (unpaired) electrons. The number of rotatable bonds is 6. The van der Waals surface area contributed by atoms with Crippen LogP contribution in [0.15, 0.2) is 237 Å². The number of anilines is 3. The molecular formula is C59H39NO. The van der Waals surface area contributed by atoms with Crippen molar-refractivity contribution in [3.8, 4) is 56.0 Å². The Morgan fingerprint density at radius 1 is 0.311 bits per heavy atom. The van der Waals surface area contributed by atoms with Crippen LogP contribution in [0.1, 0.15) is 22.3 Å². The van der Waals surface area contributed by atoms with Crippen LogP contribution in [0.2, 0.25) is 0 Å². The van der Waals surface area contributed by atoms with Gasteiger partial charge in [0.2, 0.25) is 0 Å². The fourth-order valence-corrected chi connectivity index (χ4v) is 10.0. The summed E-state index contributed by atoms with van der Waals surface area (Å²) < 4.78 is 7.45. The van der Waals surface area contributed by atoms with E-state index in [1.807, 2.05) is 0 Å². The van der Waals surface area contributed by atoms with Gasteiger partial charge in [-0.15, -0.1) is 0 Å². The van der Waals surface area contributed by atoms with Crippen LogP contribution in [-0.2, 0) is 5.41 Å². The maximum absolute atomic E-state index is 7.45. The maximum Gasteiger partial charge on any atom is 0.156 e. The Kier molecular flexibility index (Phi) is 8.11. The molecule has 0 N–H and O–H groups in total. The van der Waals surface area contributed by atoms with Crippen LogP contribution in [0.3, 0.4) is 0 Å². The molecule has 1 spiro atoms. The second kappa shape index (κ2) is 14.1. The third-order valence-corrected chi connectivity index (χ3v) is 12.7. The van der Waals surface area contributed by atoms with Crippen LogP contribution >= 0.6 is 0 Å². The first-order chi connectivity index (χ1) is 30.3. The van der Waals surface area contributed by atoms with Gasteiger partial charge in [-0.3, -0.25) is 0 Å². The molecule has 0 aromatic heterocycles. The summed E-state index contributed by atoms with van der Waals surface area (Å²) >= 11 is 0. The molecular weight excluding hydrogens is 739 g/mol. The van der Waals surface area contributed by atoms with Gasteiger partial charge in [0.15, 0.2) is 5.75 Å². The predicted octanol–water partition coefficient (Wildman–Crippen LogP) is 15.8. The summed E-state index contributed by atoms with van der Waals surface area (Å²) in [6, 6.07) is 85.8. The SMILES string of the molecule is c1ccc(-c2ccc(N(c3ccc(-c4ccccc4)cc3-c3ccccc3)c3cccc4c3Oc3cc5ccccc5cc3C43c4ccccc4-c4ccccc43)cc2)cc1. The maximum atomic E-state index is 7.45. The molecule has 10 aromatic carbocycles. The fourth-order valence-electron chi connectivity index (χ4n) is 10.0. The monoisotopic (exact) mass is 777 g/mol. The molecule has 0 amide bonds. The van der Waals surface area contributed by atoms with Crippen LogP contribution in [0.5, 0.6) is 11.5 Å². The molecule has 2 aliphatic rings. The highest BCUT2D eigenvalue weighted by Gasteiger charge is 2.52. The van der Waals surface area contributed by atoms with Gasteiger partial charge in [-0.1, -0.05) is 194 Å². The number of para-hydroxylation sites is 1. The minimum absolute atomic E-state index is 0.627. The van der Waals surface area contributed by atoms with Crippen molar-refractivity contribution < 1.29 is 4.74 Å². The number of benzene rings is 10. The van der Waals surface area contributed by atoms with Crippen molar-refractivity contribution in [3.63, 3.8) is 0 Å². The molecule has 0 saturated heterocycles. The first-order valence-corrected chi connectivity index (χ1v) is 21.0. The lowest BCUT2D eigenvalue weighted by Crippen LogP contribution is -2.32. The Morgan fingerprint density at radius 2 is 0.820 bits per heavy atom. The largest absolute Gasteiger partial charge is 0.454 e. The molecule has 61 heavy (non-hydrogen) atoms. The number of ether oxygens (including phenoxy) is 1. The van der Waals surface area contributed by atoms with Gasteiger partial charge in [-0.2, -0.15) is 0 Å². The fraction of sp³-hybridized carbons (Fsp3) is 0.0169. The van der Waals surface area contributed by atoms with Crippen molar-refractivity contribution in [2.45, 2.75) is 5.41 Å². The lowest BCUT2D eigenvalue weighted by atomic mass is 9.65. The van der Waals surface area contributed by atoms with Gasteiger partial charge >= 0.3 is 0 Å². The Hall–Kier alpha value is -7.94. The molecule has 2 heteroatoms. The second-order valence-corrected chi connectivity index (χ2v) is 16.0. The lowest BCUT2D eigenvalue weighted by molar-refractivity contribution is 0.438. The highest BCUT2D eigenvalue weighted by Crippen LogP contribution is 2.64. The van der Waals surface area contributed by atoms with E-state index in [0.29, 0.717) is 0 Å². The Labute approximate surface area is 356 Å².